The van der Waals surface area contributed by atoms with E-state index in [4.69, 9.17) is 0 Å². The van der Waals surface area contributed by atoms with Gasteiger partial charge in [-0.05, 0) is 37.0 Å². The van der Waals surface area contributed by atoms with Crippen LogP contribution in [-0.4, -0.2) is 28.9 Å². The third kappa shape index (κ3) is 6.48. The number of carbonyl (C=O) groups excluding carboxylic acids is 1. The molecule has 3 heteroatoms. The lowest BCUT2D eigenvalue weighted by molar-refractivity contribution is -0.130. The Bertz CT molecular complexity index is 958. The second-order valence-corrected chi connectivity index (χ2v) is 9.07. The van der Waals surface area contributed by atoms with Crippen LogP contribution in [0.2, 0.25) is 0 Å². The highest BCUT2D eigenvalue weighted by molar-refractivity contribution is 5.95. The zero-order valence-corrected chi connectivity index (χ0v) is 20.3. The third-order valence-electron chi connectivity index (χ3n) is 6.40. The lowest BCUT2D eigenvalue weighted by Crippen LogP contribution is -2.34. The number of H-pyrrole nitrogens is 1. The molecule has 0 unspecified atom stereocenters. The van der Waals surface area contributed by atoms with Crippen LogP contribution in [0.5, 0.6) is 0 Å². The van der Waals surface area contributed by atoms with Gasteiger partial charge in [0.05, 0.1) is 12.1 Å². The van der Waals surface area contributed by atoms with Crippen molar-refractivity contribution in [3.63, 3.8) is 0 Å². The number of aromatic amines is 1. The number of carbonyl (C=O) groups is 1. The highest BCUT2D eigenvalue weighted by Crippen LogP contribution is 2.31. The molecule has 1 aromatic heterocycles. The van der Waals surface area contributed by atoms with Gasteiger partial charge in [0, 0.05) is 24.0 Å². The molecule has 0 aliphatic carbocycles. The van der Waals surface area contributed by atoms with Crippen LogP contribution in [0.15, 0.2) is 48.5 Å². The number of rotatable bonds is 13. The van der Waals surface area contributed by atoms with E-state index >= 15 is 0 Å². The molecule has 0 atom stereocenters. The minimum atomic E-state index is 0.260. The van der Waals surface area contributed by atoms with Crippen molar-refractivity contribution in [2.75, 3.05) is 13.1 Å². The summed E-state index contributed by atoms with van der Waals surface area (Å²) in [7, 11) is 0. The molecule has 2 aromatic carbocycles. The fourth-order valence-electron chi connectivity index (χ4n) is 4.43. The molecule has 0 aliphatic heterocycles. The standard InChI is InChI=1S/C29H40N2O/c1-4-6-8-12-20-31(21-13-9-7-5-2)28(32)22-26-25-14-10-11-15-27(25)30-29(26)24-18-16-23(3)17-19-24/h10-11,14-19,30H,4-9,12-13,20-22H2,1-3H3. The van der Waals surface area contributed by atoms with E-state index < -0.39 is 0 Å². The van der Waals surface area contributed by atoms with Gasteiger partial charge in [-0.15, -0.1) is 0 Å². The average molecular weight is 433 g/mol. The summed E-state index contributed by atoms with van der Waals surface area (Å²) in [4.78, 5) is 19.3. The summed E-state index contributed by atoms with van der Waals surface area (Å²) in [5, 5.41) is 1.16. The number of hydrogen-bond donors (Lipinski definition) is 1. The monoisotopic (exact) mass is 432 g/mol. The van der Waals surface area contributed by atoms with Gasteiger partial charge in [-0.3, -0.25) is 4.79 Å². The van der Waals surface area contributed by atoms with Gasteiger partial charge < -0.3 is 9.88 Å². The molecule has 3 aromatic rings. The number of unbranched alkanes of at least 4 members (excludes halogenated alkanes) is 6. The number of nitrogens with zero attached hydrogens (tertiary/aromatic N) is 1. The van der Waals surface area contributed by atoms with Crippen LogP contribution in [0.3, 0.4) is 0 Å². The Morgan fingerprint density at radius 1 is 0.812 bits per heavy atom. The van der Waals surface area contributed by atoms with Crippen molar-refractivity contribution in [2.24, 2.45) is 0 Å². The van der Waals surface area contributed by atoms with Gasteiger partial charge in [0.15, 0.2) is 0 Å². The predicted octanol–water partition coefficient (Wildman–Crippen LogP) is 7.68. The number of aromatic nitrogens is 1. The van der Waals surface area contributed by atoms with E-state index in [0.717, 1.165) is 53.7 Å². The summed E-state index contributed by atoms with van der Waals surface area (Å²) in [6, 6.07) is 16.9. The summed E-state index contributed by atoms with van der Waals surface area (Å²) in [6.07, 6.45) is 10.0. The number of amides is 1. The normalized spacial score (nSPS) is 11.2. The molecule has 0 aliphatic rings. The first-order valence-corrected chi connectivity index (χ1v) is 12.6. The Morgan fingerprint density at radius 3 is 2.06 bits per heavy atom. The topological polar surface area (TPSA) is 36.1 Å². The van der Waals surface area contributed by atoms with E-state index in [0.29, 0.717) is 6.42 Å². The van der Waals surface area contributed by atoms with Gasteiger partial charge >= 0.3 is 0 Å². The van der Waals surface area contributed by atoms with Gasteiger partial charge in [-0.2, -0.15) is 0 Å². The maximum Gasteiger partial charge on any atom is 0.227 e. The van der Waals surface area contributed by atoms with Crippen LogP contribution >= 0.6 is 0 Å². The summed E-state index contributed by atoms with van der Waals surface area (Å²) in [5.41, 5.74) is 5.70. The molecule has 0 saturated carbocycles. The van der Waals surface area contributed by atoms with Crippen molar-refractivity contribution in [2.45, 2.75) is 78.6 Å². The molecule has 1 heterocycles. The predicted molar refractivity (Wildman–Crippen MR) is 137 cm³/mol. The van der Waals surface area contributed by atoms with Crippen molar-refractivity contribution in [3.05, 3.63) is 59.7 Å². The SMILES string of the molecule is CCCCCCN(CCCCCC)C(=O)Cc1c(-c2ccc(C)cc2)[nH]c2ccccc12. The Labute approximate surface area is 194 Å². The highest BCUT2D eigenvalue weighted by atomic mass is 16.2. The molecule has 1 N–H and O–H groups in total. The summed E-state index contributed by atoms with van der Waals surface area (Å²) in [6.45, 7) is 8.34. The van der Waals surface area contributed by atoms with Crippen LogP contribution in [0.25, 0.3) is 22.2 Å². The Hall–Kier alpha value is -2.55. The zero-order chi connectivity index (χ0) is 22.8. The lowest BCUT2D eigenvalue weighted by Gasteiger charge is -2.23. The maximum atomic E-state index is 13.5. The largest absolute Gasteiger partial charge is 0.354 e. The summed E-state index contributed by atoms with van der Waals surface area (Å²) in [5.74, 6) is 0.260. The Morgan fingerprint density at radius 2 is 1.44 bits per heavy atom. The van der Waals surface area contributed by atoms with Gasteiger partial charge in [0.2, 0.25) is 5.91 Å². The van der Waals surface area contributed by atoms with E-state index in [1.165, 1.54) is 44.1 Å². The Kier molecular flexibility index (Phi) is 9.40. The first-order valence-electron chi connectivity index (χ1n) is 12.6. The Balaban J connectivity index is 1.83. The molecule has 3 nitrogen and oxygen atoms in total. The van der Waals surface area contributed by atoms with E-state index in [-0.39, 0.29) is 5.91 Å². The van der Waals surface area contributed by atoms with Crippen LogP contribution in [0, 0.1) is 6.92 Å². The third-order valence-corrected chi connectivity index (χ3v) is 6.40. The molecule has 3 rings (SSSR count). The second kappa shape index (κ2) is 12.5. The summed E-state index contributed by atoms with van der Waals surface area (Å²) >= 11 is 0. The number of benzene rings is 2. The van der Waals surface area contributed by atoms with Crippen molar-refractivity contribution < 1.29 is 4.79 Å². The number of nitrogens with one attached hydrogen (secondary N) is 1. The zero-order valence-electron chi connectivity index (χ0n) is 20.3. The molecule has 32 heavy (non-hydrogen) atoms. The molecule has 0 radical (unpaired) electrons. The summed E-state index contributed by atoms with van der Waals surface area (Å²) < 4.78 is 0. The number of fused-ring (bicyclic) bond motifs is 1. The van der Waals surface area contributed by atoms with E-state index in [9.17, 15) is 4.79 Å². The van der Waals surface area contributed by atoms with E-state index in [1.807, 2.05) is 0 Å². The minimum Gasteiger partial charge on any atom is -0.354 e. The first-order chi connectivity index (χ1) is 15.6. The van der Waals surface area contributed by atoms with Crippen LogP contribution in [0.1, 0.15) is 76.3 Å². The number of hydrogen-bond acceptors (Lipinski definition) is 1. The molecule has 0 bridgehead atoms. The lowest BCUT2D eigenvalue weighted by atomic mass is 10.0. The molecule has 0 saturated heterocycles. The molecular weight excluding hydrogens is 392 g/mol. The molecule has 0 spiro atoms. The van der Waals surface area contributed by atoms with Gasteiger partial charge in [-0.25, -0.2) is 0 Å². The first kappa shape index (κ1) is 24.1. The smallest absolute Gasteiger partial charge is 0.227 e. The van der Waals surface area contributed by atoms with E-state index in [2.05, 4.69) is 79.2 Å². The van der Waals surface area contributed by atoms with E-state index in [1.54, 1.807) is 0 Å². The van der Waals surface area contributed by atoms with Crippen LogP contribution < -0.4 is 0 Å². The number of para-hydroxylation sites is 1. The second-order valence-electron chi connectivity index (χ2n) is 9.07. The fourth-order valence-corrected chi connectivity index (χ4v) is 4.43. The fraction of sp³-hybridized carbons (Fsp3) is 0.483. The highest BCUT2D eigenvalue weighted by Gasteiger charge is 2.20. The van der Waals surface area contributed by atoms with Crippen molar-refractivity contribution >= 4 is 16.8 Å². The maximum absolute atomic E-state index is 13.5. The van der Waals surface area contributed by atoms with Crippen molar-refractivity contribution in [1.82, 2.24) is 9.88 Å². The quantitative estimate of drug-likeness (QED) is 0.276. The van der Waals surface area contributed by atoms with Crippen LogP contribution in [-0.2, 0) is 11.2 Å². The van der Waals surface area contributed by atoms with Crippen LogP contribution in [0.4, 0.5) is 0 Å². The average Bonchev–Trinajstić information content (AvgIpc) is 3.16. The molecule has 1 amide bonds. The number of aryl methyl sites for hydroxylation is 1. The van der Waals surface area contributed by atoms with Gasteiger partial charge in [0.25, 0.3) is 0 Å². The minimum absolute atomic E-state index is 0.260. The molecular formula is C29H40N2O. The van der Waals surface area contributed by atoms with Gasteiger partial charge in [0.1, 0.15) is 0 Å². The van der Waals surface area contributed by atoms with Crippen molar-refractivity contribution in [3.8, 4) is 11.3 Å². The van der Waals surface area contributed by atoms with Gasteiger partial charge in [-0.1, -0.05) is 100 Å². The van der Waals surface area contributed by atoms with Crippen molar-refractivity contribution in [1.29, 1.82) is 0 Å². The molecule has 172 valence electrons. The molecule has 0 fully saturated rings.